The fraction of sp³-hybridized carbons (Fsp3) is 0.333. The van der Waals surface area contributed by atoms with Gasteiger partial charge in [0.25, 0.3) is 0 Å². The molecule has 1 aromatic carbocycles. The quantitative estimate of drug-likeness (QED) is 0.732. The van der Waals surface area contributed by atoms with E-state index in [0.29, 0.717) is 35.1 Å². The van der Waals surface area contributed by atoms with Crippen LogP contribution in [-0.2, 0) is 18.9 Å². The monoisotopic (exact) mass is 376 g/mol. The zero-order valence-corrected chi connectivity index (χ0v) is 16.6. The third kappa shape index (κ3) is 4.18. The number of ether oxygens (including phenoxy) is 1. The maximum atomic E-state index is 9.28. The summed E-state index contributed by atoms with van der Waals surface area (Å²) in [5.74, 6) is 1.62. The summed E-state index contributed by atoms with van der Waals surface area (Å²) in [7, 11) is 1.83. The second-order valence-corrected chi connectivity index (χ2v) is 7.62. The molecule has 0 aliphatic carbocycles. The number of hydrogen-bond acceptors (Lipinski definition) is 6. The predicted octanol–water partition coefficient (Wildman–Crippen LogP) is 3.34. The molecule has 0 aliphatic heterocycles. The van der Waals surface area contributed by atoms with E-state index in [1.54, 1.807) is 35.3 Å². The molecule has 0 aliphatic rings. The molecule has 0 unspecified atom stereocenters. The average molecular weight is 376 g/mol. The molecule has 28 heavy (non-hydrogen) atoms. The van der Waals surface area contributed by atoms with E-state index in [-0.39, 0.29) is 5.41 Å². The highest BCUT2D eigenvalue weighted by molar-refractivity contribution is 5.66. The van der Waals surface area contributed by atoms with Crippen molar-refractivity contribution in [2.75, 3.05) is 6.54 Å². The van der Waals surface area contributed by atoms with Gasteiger partial charge in [0.1, 0.15) is 5.75 Å². The van der Waals surface area contributed by atoms with Crippen LogP contribution >= 0.6 is 0 Å². The third-order valence-electron chi connectivity index (χ3n) is 4.31. The predicted molar refractivity (Wildman–Crippen MR) is 107 cm³/mol. The maximum Gasteiger partial charge on any atom is 0.217 e. The van der Waals surface area contributed by atoms with Crippen LogP contribution < -0.4 is 10.5 Å². The number of rotatable bonds is 5. The van der Waals surface area contributed by atoms with Crippen molar-refractivity contribution in [3.8, 4) is 29.1 Å². The topological polar surface area (TPSA) is 103 Å². The molecule has 0 fully saturated rings. The second-order valence-electron chi connectivity index (χ2n) is 7.62. The molecule has 7 heteroatoms. The van der Waals surface area contributed by atoms with Gasteiger partial charge in [0.05, 0.1) is 22.9 Å². The van der Waals surface area contributed by atoms with Gasteiger partial charge in [-0.2, -0.15) is 10.4 Å². The third-order valence-corrected chi connectivity index (χ3v) is 4.31. The number of nitrogens with zero attached hydrogens (tertiary/aromatic N) is 5. The van der Waals surface area contributed by atoms with Gasteiger partial charge in [-0.15, -0.1) is 0 Å². The van der Waals surface area contributed by atoms with Crippen molar-refractivity contribution >= 4 is 0 Å². The minimum Gasteiger partial charge on any atom is -0.438 e. The molecule has 0 spiro atoms. The fourth-order valence-electron chi connectivity index (χ4n) is 2.68. The Morgan fingerprint density at radius 2 is 1.89 bits per heavy atom. The van der Waals surface area contributed by atoms with Gasteiger partial charge in [0.2, 0.25) is 5.88 Å². The first-order valence-electron chi connectivity index (χ1n) is 9.09. The molecular weight excluding hydrogens is 352 g/mol. The summed E-state index contributed by atoms with van der Waals surface area (Å²) in [6, 6.07) is 9.27. The Morgan fingerprint density at radius 1 is 1.18 bits per heavy atom. The number of nitriles is 1. The maximum absolute atomic E-state index is 9.28. The first-order valence-corrected chi connectivity index (χ1v) is 9.09. The summed E-state index contributed by atoms with van der Waals surface area (Å²) in [6.45, 7) is 6.83. The lowest BCUT2D eigenvalue weighted by atomic mass is 9.93. The number of aryl methyl sites for hydroxylation is 1. The van der Waals surface area contributed by atoms with Crippen molar-refractivity contribution in [1.82, 2.24) is 19.7 Å². The Kier molecular flexibility index (Phi) is 5.43. The van der Waals surface area contributed by atoms with Gasteiger partial charge in [0, 0.05) is 30.9 Å². The Bertz CT molecular complexity index is 1010. The summed E-state index contributed by atoms with van der Waals surface area (Å²) in [5, 5.41) is 13.8. The lowest BCUT2D eigenvalue weighted by molar-refractivity contribution is 0.431. The van der Waals surface area contributed by atoms with Crippen molar-refractivity contribution in [3.63, 3.8) is 0 Å². The normalized spacial score (nSPS) is 11.3. The first-order chi connectivity index (χ1) is 13.3. The van der Waals surface area contributed by atoms with Gasteiger partial charge in [-0.3, -0.25) is 0 Å². The molecule has 0 atom stereocenters. The SMILES string of the molecule is Cn1nc(C(C)(C)C)cc1Oc1cc(C#N)ccc1-c1ncc(CCN)cn1. The molecule has 2 aromatic heterocycles. The molecular formula is C21H24N6O. The van der Waals surface area contributed by atoms with E-state index < -0.39 is 0 Å². The van der Waals surface area contributed by atoms with Gasteiger partial charge in [-0.05, 0) is 36.7 Å². The van der Waals surface area contributed by atoms with E-state index in [9.17, 15) is 5.26 Å². The summed E-state index contributed by atoms with van der Waals surface area (Å²) in [5.41, 5.74) is 8.59. The standard InChI is InChI=1S/C21H24N6O/c1-21(2,3)18-10-19(27(4)26-18)28-17-9-14(11-23)5-6-16(17)20-24-12-15(7-8-22)13-25-20/h5-6,9-10,12-13H,7-8,22H2,1-4H3. The molecule has 3 aromatic rings. The van der Waals surface area contributed by atoms with E-state index in [1.807, 2.05) is 13.1 Å². The Morgan fingerprint density at radius 3 is 2.46 bits per heavy atom. The largest absolute Gasteiger partial charge is 0.438 e. The van der Waals surface area contributed by atoms with Crippen LogP contribution in [0.5, 0.6) is 11.6 Å². The van der Waals surface area contributed by atoms with E-state index in [4.69, 9.17) is 10.5 Å². The molecule has 144 valence electrons. The van der Waals surface area contributed by atoms with Crippen molar-refractivity contribution in [2.24, 2.45) is 12.8 Å². The lowest BCUT2D eigenvalue weighted by Gasteiger charge is -2.13. The molecule has 0 amide bonds. The van der Waals surface area contributed by atoms with Gasteiger partial charge in [-0.1, -0.05) is 20.8 Å². The molecule has 7 nitrogen and oxygen atoms in total. The van der Waals surface area contributed by atoms with Crippen molar-refractivity contribution in [1.29, 1.82) is 5.26 Å². The van der Waals surface area contributed by atoms with Gasteiger partial charge >= 0.3 is 0 Å². The highest BCUT2D eigenvalue weighted by Crippen LogP contribution is 2.34. The molecule has 2 heterocycles. The van der Waals surface area contributed by atoms with Crippen LogP contribution in [0.4, 0.5) is 0 Å². The number of benzene rings is 1. The van der Waals surface area contributed by atoms with Gasteiger partial charge in [0.15, 0.2) is 5.82 Å². The van der Waals surface area contributed by atoms with Crippen LogP contribution in [-0.4, -0.2) is 26.3 Å². The van der Waals surface area contributed by atoms with Gasteiger partial charge in [-0.25, -0.2) is 14.6 Å². The molecule has 0 saturated heterocycles. The zero-order valence-electron chi connectivity index (χ0n) is 16.6. The summed E-state index contributed by atoms with van der Waals surface area (Å²) < 4.78 is 7.83. The molecule has 0 radical (unpaired) electrons. The van der Waals surface area contributed by atoms with Crippen molar-refractivity contribution in [3.05, 3.63) is 53.5 Å². The van der Waals surface area contributed by atoms with Crippen molar-refractivity contribution < 1.29 is 4.74 Å². The van der Waals surface area contributed by atoms with Crippen LogP contribution in [0.2, 0.25) is 0 Å². The Labute approximate surface area is 164 Å². The van der Waals surface area contributed by atoms with Crippen LogP contribution in [0.3, 0.4) is 0 Å². The van der Waals surface area contributed by atoms with Crippen molar-refractivity contribution in [2.45, 2.75) is 32.6 Å². The van der Waals surface area contributed by atoms with E-state index in [2.05, 4.69) is 41.9 Å². The van der Waals surface area contributed by atoms with Crippen LogP contribution in [0.25, 0.3) is 11.4 Å². The molecule has 3 rings (SSSR count). The van der Waals surface area contributed by atoms with E-state index in [0.717, 1.165) is 17.7 Å². The zero-order chi connectivity index (χ0) is 20.3. The molecule has 2 N–H and O–H groups in total. The fourth-order valence-corrected chi connectivity index (χ4v) is 2.68. The van der Waals surface area contributed by atoms with E-state index in [1.165, 1.54) is 0 Å². The Hall–Kier alpha value is -3.24. The molecule has 0 bridgehead atoms. The molecule has 0 saturated carbocycles. The number of aromatic nitrogens is 4. The van der Waals surface area contributed by atoms with Crippen LogP contribution in [0, 0.1) is 11.3 Å². The number of nitrogens with two attached hydrogens (primary N) is 1. The second kappa shape index (κ2) is 7.79. The lowest BCUT2D eigenvalue weighted by Crippen LogP contribution is -2.12. The van der Waals surface area contributed by atoms with Crippen LogP contribution in [0.15, 0.2) is 36.7 Å². The smallest absolute Gasteiger partial charge is 0.217 e. The highest BCUT2D eigenvalue weighted by Gasteiger charge is 2.21. The first kappa shape index (κ1) is 19.5. The minimum absolute atomic E-state index is 0.0986. The Balaban J connectivity index is 2.01. The van der Waals surface area contributed by atoms with E-state index >= 15 is 0 Å². The summed E-state index contributed by atoms with van der Waals surface area (Å²) >= 11 is 0. The minimum atomic E-state index is -0.0986. The average Bonchev–Trinajstić information content (AvgIpc) is 3.04. The highest BCUT2D eigenvalue weighted by atomic mass is 16.5. The summed E-state index contributed by atoms with van der Waals surface area (Å²) in [4.78, 5) is 8.88. The van der Waals surface area contributed by atoms with Gasteiger partial charge < -0.3 is 10.5 Å². The number of hydrogen-bond donors (Lipinski definition) is 1. The summed E-state index contributed by atoms with van der Waals surface area (Å²) in [6.07, 6.45) is 4.25. The van der Waals surface area contributed by atoms with Crippen LogP contribution in [0.1, 0.15) is 37.6 Å².